The summed E-state index contributed by atoms with van der Waals surface area (Å²) < 4.78 is 5.91. The van der Waals surface area contributed by atoms with Crippen LogP contribution in [0.2, 0.25) is 0 Å². The van der Waals surface area contributed by atoms with Gasteiger partial charge in [-0.1, -0.05) is 56.5 Å². The van der Waals surface area contributed by atoms with Crippen LogP contribution in [0.1, 0.15) is 57.1 Å². The molecule has 2 N–H and O–H groups in total. The molecule has 0 spiro atoms. The molecule has 23 heavy (non-hydrogen) atoms. The van der Waals surface area contributed by atoms with E-state index in [4.69, 9.17) is 4.74 Å². The van der Waals surface area contributed by atoms with E-state index in [9.17, 15) is 14.7 Å². The van der Waals surface area contributed by atoms with E-state index < -0.39 is 18.1 Å². The van der Waals surface area contributed by atoms with Crippen molar-refractivity contribution >= 4 is 11.9 Å². The zero-order valence-corrected chi connectivity index (χ0v) is 13.5. The van der Waals surface area contributed by atoms with E-state index in [0.29, 0.717) is 12.0 Å². The largest absolute Gasteiger partial charge is 0.479 e. The summed E-state index contributed by atoms with van der Waals surface area (Å²) in [6.07, 6.45) is 5.48. The number of hydrogen-bond acceptors (Lipinski definition) is 3. The van der Waals surface area contributed by atoms with Gasteiger partial charge in [0, 0.05) is 0 Å². The van der Waals surface area contributed by atoms with Crippen LogP contribution in [-0.4, -0.2) is 29.2 Å². The van der Waals surface area contributed by atoms with Gasteiger partial charge in [0.1, 0.15) is 6.10 Å². The Kier molecular flexibility index (Phi) is 6.59. The number of nitrogens with one attached hydrogen (secondary N) is 1. The van der Waals surface area contributed by atoms with Crippen molar-refractivity contribution in [1.29, 1.82) is 0 Å². The molecule has 1 unspecified atom stereocenters. The van der Waals surface area contributed by atoms with E-state index >= 15 is 0 Å². The second kappa shape index (κ2) is 8.67. The quantitative estimate of drug-likeness (QED) is 0.810. The van der Waals surface area contributed by atoms with Crippen LogP contribution in [0.5, 0.6) is 0 Å². The monoisotopic (exact) mass is 319 g/mol. The lowest BCUT2D eigenvalue weighted by Gasteiger charge is -2.27. The normalized spacial score (nSPS) is 18.1. The number of rotatable bonds is 7. The van der Waals surface area contributed by atoms with E-state index in [1.807, 2.05) is 13.0 Å². The molecule has 1 aromatic rings. The third kappa shape index (κ3) is 5.06. The average molecular weight is 319 g/mol. The zero-order chi connectivity index (χ0) is 16.7. The van der Waals surface area contributed by atoms with Crippen molar-refractivity contribution in [2.45, 2.75) is 63.7 Å². The van der Waals surface area contributed by atoms with E-state index in [-0.39, 0.29) is 12.0 Å². The molecule has 126 valence electrons. The van der Waals surface area contributed by atoms with Crippen LogP contribution < -0.4 is 5.32 Å². The van der Waals surface area contributed by atoms with Crippen molar-refractivity contribution in [2.75, 3.05) is 0 Å². The molecule has 1 aliphatic rings. The number of carboxylic acids is 1. The molecule has 0 radical (unpaired) electrons. The number of hydrogen-bond donors (Lipinski definition) is 2. The number of carbonyl (C=O) groups is 2. The van der Waals surface area contributed by atoms with Gasteiger partial charge in [-0.25, -0.2) is 4.79 Å². The summed E-state index contributed by atoms with van der Waals surface area (Å²) in [5.74, 6) is -1.42. The molecular weight excluding hydrogens is 294 g/mol. The van der Waals surface area contributed by atoms with Crippen molar-refractivity contribution in [1.82, 2.24) is 5.32 Å². The fourth-order valence-corrected chi connectivity index (χ4v) is 2.95. The highest BCUT2D eigenvalue weighted by Gasteiger charge is 2.28. The number of ether oxygens (including phenoxy) is 1. The highest BCUT2D eigenvalue weighted by Crippen LogP contribution is 2.22. The second-order valence-electron chi connectivity index (χ2n) is 5.98. The fourth-order valence-electron chi connectivity index (χ4n) is 2.95. The molecule has 1 fully saturated rings. The Bertz CT molecular complexity index is 511. The number of aliphatic carboxylic acids is 1. The summed E-state index contributed by atoms with van der Waals surface area (Å²) >= 11 is 0. The fraction of sp³-hybridized carbons (Fsp3) is 0.556. The van der Waals surface area contributed by atoms with Crippen molar-refractivity contribution in [3.05, 3.63) is 35.9 Å². The topological polar surface area (TPSA) is 75.6 Å². The number of benzene rings is 1. The van der Waals surface area contributed by atoms with Crippen molar-refractivity contribution in [3.63, 3.8) is 0 Å². The van der Waals surface area contributed by atoms with Crippen molar-refractivity contribution in [2.24, 2.45) is 0 Å². The molecular formula is C18H25NO4. The highest BCUT2D eigenvalue weighted by atomic mass is 16.5. The van der Waals surface area contributed by atoms with Gasteiger partial charge < -0.3 is 15.2 Å². The SMILES string of the molecule is CCC(OC1CCCCC1)C(=O)N[C@@H](C(=O)O)c1ccccc1. The van der Waals surface area contributed by atoms with E-state index in [2.05, 4.69) is 5.32 Å². The average Bonchev–Trinajstić information content (AvgIpc) is 2.58. The summed E-state index contributed by atoms with van der Waals surface area (Å²) in [7, 11) is 0. The minimum absolute atomic E-state index is 0.111. The summed E-state index contributed by atoms with van der Waals surface area (Å²) in [5, 5.41) is 12.0. The summed E-state index contributed by atoms with van der Waals surface area (Å²) in [6, 6.07) is 7.67. The third-order valence-electron chi connectivity index (χ3n) is 4.24. The molecule has 1 amide bonds. The number of amides is 1. The summed E-state index contributed by atoms with van der Waals surface area (Å²) in [6.45, 7) is 1.88. The number of carboxylic acid groups (broad SMARTS) is 1. The van der Waals surface area contributed by atoms with E-state index in [1.165, 1.54) is 6.42 Å². The number of carbonyl (C=O) groups excluding carboxylic acids is 1. The molecule has 2 atom stereocenters. The van der Waals surface area contributed by atoms with Gasteiger partial charge in [0.05, 0.1) is 6.10 Å². The second-order valence-corrected chi connectivity index (χ2v) is 5.98. The minimum Gasteiger partial charge on any atom is -0.479 e. The van der Waals surface area contributed by atoms with E-state index in [0.717, 1.165) is 25.7 Å². The first-order valence-electron chi connectivity index (χ1n) is 8.35. The van der Waals surface area contributed by atoms with Crippen LogP contribution in [-0.2, 0) is 14.3 Å². The molecule has 0 heterocycles. The van der Waals surface area contributed by atoms with Gasteiger partial charge in [0.25, 0.3) is 0 Å². The summed E-state index contributed by atoms with van der Waals surface area (Å²) in [4.78, 5) is 23.9. The lowest BCUT2D eigenvalue weighted by Crippen LogP contribution is -2.42. The first-order valence-corrected chi connectivity index (χ1v) is 8.35. The summed E-state index contributed by atoms with van der Waals surface area (Å²) in [5.41, 5.74) is 0.556. The maximum absolute atomic E-state index is 12.4. The van der Waals surface area contributed by atoms with Gasteiger partial charge in [-0.15, -0.1) is 0 Å². The van der Waals surface area contributed by atoms with Gasteiger partial charge >= 0.3 is 5.97 Å². The van der Waals surface area contributed by atoms with Crippen molar-refractivity contribution in [3.8, 4) is 0 Å². The maximum atomic E-state index is 12.4. The molecule has 0 bridgehead atoms. The Morgan fingerprint density at radius 2 is 1.87 bits per heavy atom. The van der Waals surface area contributed by atoms with Crippen LogP contribution in [0.25, 0.3) is 0 Å². The molecule has 2 rings (SSSR count). The Hall–Kier alpha value is -1.88. The van der Waals surface area contributed by atoms with E-state index in [1.54, 1.807) is 24.3 Å². The lowest BCUT2D eigenvalue weighted by molar-refractivity contribution is -0.146. The molecule has 5 nitrogen and oxygen atoms in total. The molecule has 5 heteroatoms. The smallest absolute Gasteiger partial charge is 0.330 e. The predicted molar refractivity (Wildman–Crippen MR) is 87.0 cm³/mol. The van der Waals surface area contributed by atoms with Crippen LogP contribution in [0.3, 0.4) is 0 Å². The third-order valence-corrected chi connectivity index (χ3v) is 4.24. The molecule has 1 aliphatic carbocycles. The maximum Gasteiger partial charge on any atom is 0.330 e. The lowest BCUT2D eigenvalue weighted by atomic mass is 9.97. The van der Waals surface area contributed by atoms with Crippen molar-refractivity contribution < 1.29 is 19.4 Å². The molecule has 0 saturated heterocycles. The molecule has 1 saturated carbocycles. The first-order chi connectivity index (χ1) is 11.1. The Morgan fingerprint density at radius 1 is 1.22 bits per heavy atom. The van der Waals surface area contributed by atoms with Gasteiger partial charge in [0.15, 0.2) is 6.04 Å². The standard InChI is InChI=1S/C18H25NO4/c1-2-15(23-14-11-7-4-8-12-14)17(20)19-16(18(21)22)13-9-5-3-6-10-13/h3,5-6,9-10,14-16H,2,4,7-8,11-12H2,1H3,(H,19,20)(H,21,22)/t15?,16-/m1/s1. The Morgan fingerprint density at radius 3 is 2.43 bits per heavy atom. The van der Waals surface area contributed by atoms with Gasteiger partial charge in [-0.05, 0) is 24.8 Å². The molecule has 1 aromatic carbocycles. The Balaban J connectivity index is 1.99. The van der Waals surface area contributed by atoms with Crippen LogP contribution in [0, 0.1) is 0 Å². The van der Waals surface area contributed by atoms with Crippen LogP contribution in [0.15, 0.2) is 30.3 Å². The minimum atomic E-state index is -1.07. The first kappa shape index (κ1) is 17.5. The zero-order valence-electron chi connectivity index (χ0n) is 13.5. The predicted octanol–water partition coefficient (Wildman–Crippen LogP) is 3.06. The van der Waals surface area contributed by atoms with Crippen LogP contribution >= 0.6 is 0 Å². The molecule has 0 aliphatic heterocycles. The highest BCUT2D eigenvalue weighted by molar-refractivity contribution is 5.87. The van der Waals surface area contributed by atoms with Gasteiger partial charge in [-0.3, -0.25) is 4.79 Å². The molecule has 0 aromatic heterocycles. The van der Waals surface area contributed by atoms with Gasteiger partial charge in [0.2, 0.25) is 5.91 Å². The van der Waals surface area contributed by atoms with Gasteiger partial charge in [-0.2, -0.15) is 0 Å². The van der Waals surface area contributed by atoms with Crippen LogP contribution in [0.4, 0.5) is 0 Å². The Labute approximate surface area is 137 Å².